The van der Waals surface area contributed by atoms with Crippen LogP contribution in [-0.4, -0.2) is 23.1 Å². The van der Waals surface area contributed by atoms with Gasteiger partial charge in [-0.25, -0.2) is 19.2 Å². The number of halogens is 1. The second-order valence-corrected chi connectivity index (χ2v) is 7.97. The fourth-order valence-corrected chi connectivity index (χ4v) is 3.76. The van der Waals surface area contributed by atoms with E-state index in [1.165, 1.54) is 30.6 Å². The van der Waals surface area contributed by atoms with Crippen LogP contribution in [0.3, 0.4) is 0 Å². The third-order valence-corrected chi connectivity index (χ3v) is 5.55. The van der Waals surface area contributed by atoms with Crippen molar-refractivity contribution in [1.29, 1.82) is 0 Å². The van der Waals surface area contributed by atoms with Crippen LogP contribution in [0.15, 0.2) is 97.3 Å². The summed E-state index contributed by atoms with van der Waals surface area (Å²) >= 11 is 0. The van der Waals surface area contributed by atoms with Crippen molar-refractivity contribution in [2.24, 2.45) is 0 Å². The number of aromatic nitrogens is 2. The minimum absolute atomic E-state index is 0.367. The van der Waals surface area contributed by atoms with Gasteiger partial charge in [-0.1, -0.05) is 24.3 Å². The van der Waals surface area contributed by atoms with Gasteiger partial charge < -0.3 is 20.7 Å². The molecule has 0 saturated carbocycles. The standard InChI is InChI=1S/C28H22FN5O2/c1-36-24-12-5-18(6-13-24)19-7-14-25-26(15-19)30-17-31-27(25)32-22-3-2-4-23(16-22)34-28(35)33-21-10-8-20(29)9-11-21/h2-17H,1H3,(H,30,31,32)(H2,33,34,35). The van der Waals surface area contributed by atoms with E-state index in [2.05, 4.69) is 25.9 Å². The first kappa shape index (κ1) is 22.8. The Balaban J connectivity index is 1.32. The Morgan fingerprint density at radius 1 is 0.778 bits per heavy atom. The van der Waals surface area contributed by atoms with Crippen molar-refractivity contribution in [3.8, 4) is 16.9 Å². The van der Waals surface area contributed by atoms with Crippen LogP contribution < -0.4 is 20.7 Å². The number of hydrogen-bond acceptors (Lipinski definition) is 5. The molecule has 0 aliphatic rings. The fraction of sp³-hybridized carbons (Fsp3) is 0.0357. The van der Waals surface area contributed by atoms with Crippen molar-refractivity contribution < 1.29 is 13.9 Å². The highest BCUT2D eigenvalue weighted by molar-refractivity contribution is 6.00. The molecular formula is C28H22FN5O2. The maximum absolute atomic E-state index is 13.1. The van der Waals surface area contributed by atoms with Crippen molar-refractivity contribution in [3.05, 3.63) is 103 Å². The molecule has 4 aromatic carbocycles. The highest BCUT2D eigenvalue weighted by atomic mass is 19.1. The lowest BCUT2D eigenvalue weighted by molar-refractivity contribution is 0.262. The molecule has 0 aliphatic carbocycles. The van der Waals surface area contributed by atoms with Crippen LogP contribution in [0.4, 0.5) is 32.1 Å². The van der Waals surface area contributed by atoms with Crippen LogP contribution >= 0.6 is 0 Å². The van der Waals surface area contributed by atoms with Crippen molar-refractivity contribution >= 4 is 39.8 Å². The lowest BCUT2D eigenvalue weighted by Gasteiger charge is -2.12. The van der Waals surface area contributed by atoms with Gasteiger partial charge in [-0.05, 0) is 77.9 Å². The van der Waals surface area contributed by atoms with Gasteiger partial charge in [-0.2, -0.15) is 0 Å². The number of fused-ring (bicyclic) bond motifs is 1. The summed E-state index contributed by atoms with van der Waals surface area (Å²) in [6.07, 6.45) is 1.51. The van der Waals surface area contributed by atoms with Crippen LogP contribution in [-0.2, 0) is 0 Å². The molecule has 178 valence electrons. The van der Waals surface area contributed by atoms with Gasteiger partial charge in [0.05, 0.1) is 12.6 Å². The number of carbonyl (C=O) groups is 1. The minimum atomic E-state index is -0.433. The number of hydrogen-bond donors (Lipinski definition) is 3. The summed E-state index contributed by atoms with van der Waals surface area (Å²) in [6.45, 7) is 0. The number of anilines is 4. The van der Waals surface area contributed by atoms with Crippen molar-refractivity contribution in [1.82, 2.24) is 9.97 Å². The quantitative estimate of drug-likeness (QED) is 0.248. The van der Waals surface area contributed by atoms with Gasteiger partial charge in [0.2, 0.25) is 0 Å². The molecule has 0 radical (unpaired) electrons. The molecule has 0 bridgehead atoms. The van der Waals surface area contributed by atoms with E-state index in [-0.39, 0.29) is 5.82 Å². The molecule has 8 heteroatoms. The van der Waals surface area contributed by atoms with E-state index in [0.29, 0.717) is 17.2 Å². The predicted octanol–water partition coefficient (Wildman–Crippen LogP) is 6.83. The summed E-state index contributed by atoms with van der Waals surface area (Å²) < 4.78 is 18.3. The molecule has 0 aliphatic heterocycles. The zero-order chi connectivity index (χ0) is 24.9. The summed E-state index contributed by atoms with van der Waals surface area (Å²) in [4.78, 5) is 21.2. The predicted molar refractivity (Wildman–Crippen MR) is 140 cm³/mol. The van der Waals surface area contributed by atoms with Crippen LogP contribution in [0.1, 0.15) is 0 Å². The monoisotopic (exact) mass is 479 g/mol. The lowest BCUT2D eigenvalue weighted by atomic mass is 10.0. The highest BCUT2D eigenvalue weighted by Gasteiger charge is 2.08. The van der Waals surface area contributed by atoms with E-state index in [1.54, 1.807) is 19.2 Å². The fourth-order valence-electron chi connectivity index (χ4n) is 3.76. The topological polar surface area (TPSA) is 88.2 Å². The van der Waals surface area contributed by atoms with Crippen LogP contribution in [0.5, 0.6) is 5.75 Å². The van der Waals surface area contributed by atoms with Gasteiger partial charge in [0, 0.05) is 22.4 Å². The first-order valence-electron chi connectivity index (χ1n) is 11.2. The molecular weight excluding hydrogens is 457 g/mol. The van der Waals surface area contributed by atoms with Crippen molar-refractivity contribution in [2.75, 3.05) is 23.1 Å². The minimum Gasteiger partial charge on any atom is -0.497 e. The number of nitrogens with zero attached hydrogens (tertiary/aromatic N) is 2. The van der Waals surface area contributed by atoms with Gasteiger partial charge in [0.25, 0.3) is 0 Å². The van der Waals surface area contributed by atoms with E-state index in [0.717, 1.165) is 33.5 Å². The molecule has 1 aromatic heterocycles. The lowest BCUT2D eigenvalue weighted by Crippen LogP contribution is -2.19. The van der Waals surface area contributed by atoms with Crippen molar-refractivity contribution in [2.45, 2.75) is 0 Å². The van der Waals surface area contributed by atoms with Gasteiger partial charge in [-0.3, -0.25) is 0 Å². The Hall–Kier alpha value is -4.98. The maximum atomic E-state index is 13.1. The first-order valence-corrected chi connectivity index (χ1v) is 11.2. The molecule has 2 amide bonds. The molecule has 0 fully saturated rings. The Kier molecular flexibility index (Phi) is 6.40. The maximum Gasteiger partial charge on any atom is 0.323 e. The number of urea groups is 1. The number of methoxy groups -OCH3 is 1. The Labute approximate surface area is 207 Å². The number of ether oxygens (including phenoxy) is 1. The Bertz CT molecular complexity index is 1520. The van der Waals surface area contributed by atoms with E-state index in [9.17, 15) is 9.18 Å². The van der Waals surface area contributed by atoms with Crippen molar-refractivity contribution in [3.63, 3.8) is 0 Å². The zero-order valence-corrected chi connectivity index (χ0v) is 19.3. The number of carbonyl (C=O) groups excluding carboxylic acids is 1. The molecule has 0 atom stereocenters. The number of amides is 2. The summed E-state index contributed by atoms with van der Waals surface area (Å²) in [5.41, 5.74) is 4.71. The van der Waals surface area contributed by atoms with Crippen LogP contribution in [0.25, 0.3) is 22.0 Å². The molecule has 5 rings (SSSR count). The molecule has 0 saturated heterocycles. The highest BCUT2D eigenvalue weighted by Crippen LogP contribution is 2.29. The summed E-state index contributed by atoms with van der Waals surface area (Å²) in [5.74, 6) is 1.08. The Morgan fingerprint density at radius 2 is 1.50 bits per heavy atom. The SMILES string of the molecule is COc1ccc(-c2ccc3c(Nc4cccc(NC(=O)Nc5ccc(F)cc5)c4)ncnc3c2)cc1. The number of rotatable bonds is 6. The molecule has 36 heavy (non-hydrogen) atoms. The third kappa shape index (κ3) is 5.23. The summed E-state index contributed by atoms with van der Waals surface area (Å²) in [7, 11) is 1.64. The van der Waals surface area contributed by atoms with Gasteiger partial charge in [0.1, 0.15) is 23.7 Å². The van der Waals surface area contributed by atoms with E-state index < -0.39 is 6.03 Å². The second kappa shape index (κ2) is 10.1. The van der Waals surface area contributed by atoms with Gasteiger partial charge in [-0.15, -0.1) is 0 Å². The van der Waals surface area contributed by atoms with E-state index in [4.69, 9.17) is 4.74 Å². The third-order valence-electron chi connectivity index (χ3n) is 5.55. The van der Waals surface area contributed by atoms with E-state index >= 15 is 0 Å². The molecule has 0 unspecified atom stereocenters. The normalized spacial score (nSPS) is 10.6. The number of benzene rings is 4. The van der Waals surface area contributed by atoms with Crippen LogP contribution in [0.2, 0.25) is 0 Å². The smallest absolute Gasteiger partial charge is 0.323 e. The zero-order valence-electron chi connectivity index (χ0n) is 19.3. The first-order chi connectivity index (χ1) is 17.6. The number of nitrogens with one attached hydrogen (secondary N) is 3. The molecule has 0 spiro atoms. The van der Waals surface area contributed by atoms with Crippen LogP contribution in [0, 0.1) is 5.82 Å². The summed E-state index contributed by atoms with van der Waals surface area (Å²) in [5, 5.41) is 9.62. The summed E-state index contributed by atoms with van der Waals surface area (Å²) in [6, 6.07) is 26.3. The van der Waals surface area contributed by atoms with Gasteiger partial charge >= 0.3 is 6.03 Å². The Morgan fingerprint density at radius 3 is 2.28 bits per heavy atom. The largest absolute Gasteiger partial charge is 0.497 e. The molecule has 7 nitrogen and oxygen atoms in total. The average molecular weight is 480 g/mol. The van der Waals surface area contributed by atoms with E-state index in [1.807, 2.05) is 54.6 Å². The molecule has 3 N–H and O–H groups in total. The molecule has 1 heterocycles. The molecule has 5 aromatic rings. The second-order valence-electron chi connectivity index (χ2n) is 7.97. The van der Waals surface area contributed by atoms with Gasteiger partial charge in [0.15, 0.2) is 0 Å². The average Bonchev–Trinajstić information content (AvgIpc) is 2.90.